The summed E-state index contributed by atoms with van der Waals surface area (Å²) in [5, 5.41) is 0. The third kappa shape index (κ3) is 4.26. The van der Waals surface area contributed by atoms with Crippen molar-refractivity contribution in [3.8, 4) is 0 Å². The van der Waals surface area contributed by atoms with E-state index < -0.39 is 11.2 Å². The van der Waals surface area contributed by atoms with Gasteiger partial charge in [0.15, 0.2) is 0 Å². The highest BCUT2D eigenvalue weighted by atomic mass is 16.6. The Morgan fingerprint density at radius 2 is 1.54 bits per heavy atom. The highest BCUT2D eigenvalue weighted by Gasteiger charge is 2.49. The molecule has 3 rings (SSSR count). The van der Waals surface area contributed by atoms with Crippen LogP contribution in [0.25, 0.3) is 0 Å². The van der Waals surface area contributed by atoms with Crippen LogP contribution in [0.1, 0.15) is 59.9 Å². The number of ether oxygens (including phenoxy) is 2. The van der Waals surface area contributed by atoms with Crippen LogP contribution in [0.15, 0.2) is 24.3 Å². The van der Waals surface area contributed by atoms with E-state index in [2.05, 4.69) is 6.07 Å². The Labute approximate surface area is 167 Å². The maximum Gasteiger partial charge on any atom is 0.414 e. The van der Waals surface area contributed by atoms with Gasteiger partial charge in [-0.3, -0.25) is 4.90 Å². The molecule has 2 aliphatic heterocycles. The molecule has 2 amide bonds. The second-order valence-corrected chi connectivity index (χ2v) is 9.87. The van der Waals surface area contributed by atoms with Gasteiger partial charge < -0.3 is 14.4 Å². The van der Waals surface area contributed by atoms with Crippen molar-refractivity contribution in [2.24, 2.45) is 0 Å². The Hall–Kier alpha value is -2.24. The number of benzene rings is 1. The van der Waals surface area contributed by atoms with Gasteiger partial charge in [-0.2, -0.15) is 0 Å². The van der Waals surface area contributed by atoms with Crippen molar-refractivity contribution >= 4 is 17.9 Å². The maximum atomic E-state index is 12.9. The number of nitrogens with zero attached hydrogens (tertiary/aromatic N) is 2. The van der Waals surface area contributed by atoms with E-state index in [0.717, 1.165) is 24.1 Å². The number of carbonyl (C=O) groups is 2. The predicted octanol–water partition coefficient (Wildman–Crippen LogP) is 4.71. The molecule has 6 nitrogen and oxygen atoms in total. The Kier molecular flexibility index (Phi) is 5.11. The Bertz CT molecular complexity index is 759. The maximum absolute atomic E-state index is 12.9. The van der Waals surface area contributed by atoms with Crippen LogP contribution in [-0.4, -0.2) is 47.9 Å². The molecular weight excluding hydrogens is 356 g/mol. The van der Waals surface area contributed by atoms with Crippen molar-refractivity contribution < 1.29 is 19.1 Å². The van der Waals surface area contributed by atoms with Crippen LogP contribution in [0.3, 0.4) is 0 Å². The molecule has 1 fully saturated rings. The number of hydrogen-bond donors (Lipinski definition) is 0. The third-order valence-electron chi connectivity index (χ3n) is 5.07. The Morgan fingerprint density at radius 3 is 2.18 bits per heavy atom. The van der Waals surface area contributed by atoms with Crippen molar-refractivity contribution in [2.45, 2.75) is 71.0 Å². The molecule has 1 saturated heterocycles. The first-order valence-corrected chi connectivity index (χ1v) is 9.98. The number of fused-ring (bicyclic) bond motifs is 2. The zero-order valence-corrected chi connectivity index (χ0v) is 17.9. The van der Waals surface area contributed by atoms with Crippen LogP contribution in [-0.2, 0) is 14.9 Å². The standard InChI is InChI=1S/C22H32N2O4/c1-20(2,3)27-18(25)23-13-9-12-22(14-23)15-24(19(26)28-21(4,5)6)17-11-8-7-10-16(17)22/h7-8,10-11H,9,12-15H2,1-6H3. The summed E-state index contributed by atoms with van der Waals surface area (Å²) in [5.41, 5.74) is 0.606. The number of rotatable bonds is 0. The molecule has 1 atom stereocenters. The van der Waals surface area contributed by atoms with Gasteiger partial charge in [0, 0.05) is 25.0 Å². The first-order chi connectivity index (χ1) is 12.9. The molecule has 154 valence electrons. The summed E-state index contributed by atoms with van der Waals surface area (Å²) in [7, 11) is 0. The number of likely N-dealkylation sites (tertiary alicyclic amines) is 1. The molecular formula is C22H32N2O4. The van der Waals surface area contributed by atoms with Gasteiger partial charge in [0.2, 0.25) is 0 Å². The average molecular weight is 389 g/mol. The van der Waals surface area contributed by atoms with E-state index in [1.807, 2.05) is 59.7 Å². The molecule has 2 aliphatic rings. The normalized spacial score (nSPS) is 22.2. The molecule has 2 heterocycles. The molecule has 1 aromatic rings. The van der Waals surface area contributed by atoms with Gasteiger partial charge in [0.25, 0.3) is 0 Å². The summed E-state index contributed by atoms with van der Waals surface area (Å²) in [6.45, 7) is 13.0. The van der Waals surface area contributed by atoms with E-state index in [1.165, 1.54) is 0 Å². The molecule has 1 unspecified atom stereocenters. The molecule has 0 aliphatic carbocycles. The highest BCUT2D eigenvalue weighted by Crippen LogP contribution is 2.46. The van der Waals surface area contributed by atoms with E-state index in [9.17, 15) is 9.59 Å². The zero-order chi connectivity index (χ0) is 20.7. The lowest BCUT2D eigenvalue weighted by Crippen LogP contribution is -2.52. The van der Waals surface area contributed by atoms with E-state index in [1.54, 1.807) is 9.80 Å². The fourth-order valence-electron chi connectivity index (χ4n) is 4.07. The molecule has 0 saturated carbocycles. The second kappa shape index (κ2) is 6.98. The minimum absolute atomic E-state index is 0.289. The smallest absolute Gasteiger partial charge is 0.414 e. The molecule has 1 spiro atoms. The second-order valence-electron chi connectivity index (χ2n) is 9.87. The summed E-state index contributed by atoms with van der Waals surface area (Å²) in [6.07, 6.45) is 1.16. The van der Waals surface area contributed by atoms with Gasteiger partial charge in [-0.05, 0) is 66.0 Å². The number of hydrogen-bond acceptors (Lipinski definition) is 4. The molecule has 0 bridgehead atoms. The number of piperidine rings is 1. The summed E-state index contributed by atoms with van der Waals surface area (Å²) < 4.78 is 11.2. The third-order valence-corrected chi connectivity index (χ3v) is 5.07. The topological polar surface area (TPSA) is 59.1 Å². The van der Waals surface area contributed by atoms with E-state index in [0.29, 0.717) is 19.6 Å². The zero-order valence-electron chi connectivity index (χ0n) is 17.9. The van der Waals surface area contributed by atoms with Crippen molar-refractivity contribution in [3.63, 3.8) is 0 Å². The summed E-state index contributed by atoms with van der Waals surface area (Å²) in [4.78, 5) is 29.0. The Balaban J connectivity index is 1.87. The number of para-hydroxylation sites is 1. The van der Waals surface area contributed by atoms with Crippen LogP contribution in [0, 0.1) is 0 Å². The van der Waals surface area contributed by atoms with Gasteiger partial charge in [-0.15, -0.1) is 0 Å². The van der Waals surface area contributed by atoms with Gasteiger partial charge in [0.05, 0.1) is 5.69 Å². The van der Waals surface area contributed by atoms with Crippen LogP contribution in [0.2, 0.25) is 0 Å². The molecule has 1 aromatic carbocycles. The Morgan fingerprint density at radius 1 is 0.929 bits per heavy atom. The lowest BCUT2D eigenvalue weighted by molar-refractivity contribution is 0.0143. The average Bonchev–Trinajstić information content (AvgIpc) is 2.87. The van der Waals surface area contributed by atoms with Crippen molar-refractivity contribution in [1.82, 2.24) is 4.90 Å². The van der Waals surface area contributed by atoms with Crippen molar-refractivity contribution in [2.75, 3.05) is 24.5 Å². The SMILES string of the molecule is CC(C)(C)OC(=O)N1CCCC2(C1)CN(C(=O)OC(C)(C)C)c1ccccc12. The van der Waals surface area contributed by atoms with Gasteiger partial charge >= 0.3 is 12.2 Å². The van der Waals surface area contributed by atoms with E-state index in [4.69, 9.17) is 9.47 Å². The lowest BCUT2D eigenvalue weighted by atomic mass is 9.76. The number of carbonyl (C=O) groups excluding carboxylic acids is 2. The number of amides is 2. The largest absolute Gasteiger partial charge is 0.444 e. The van der Waals surface area contributed by atoms with Crippen molar-refractivity contribution in [1.29, 1.82) is 0 Å². The summed E-state index contributed by atoms with van der Waals surface area (Å²) >= 11 is 0. The minimum Gasteiger partial charge on any atom is -0.444 e. The molecule has 0 radical (unpaired) electrons. The van der Waals surface area contributed by atoms with Crippen LogP contribution >= 0.6 is 0 Å². The minimum atomic E-state index is -0.559. The summed E-state index contributed by atoms with van der Waals surface area (Å²) in [6, 6.07) is 7.95. The van der Waals surface area contributed by atoms with Crippen LogP contribution < -0.4 is 4.90 Å². The molecule has 0 aromatic heterocycles. The van der Waals surface area contributed by atoms with Crippen molar-refractivity contribution in [3.05, 3.63) is 29.8 Å². The fraction of sp³-hybridized carbons (Fsp3) is 0.636. The van der Waals surface area contributed by atoms with Gasteiger partial charge in [-0.25, -0.2) is 9.59 Å². The first-order valence-electron chi connectivity index (χ1n) is 9.98. The number of anilines is 1. The fourth-order valence-corrected chi connectivity index (χ4v) is 4.07. The lowest BCUT2D eigenvalue weighted by Gasteiger charge is -2.41. The van der Waals surface area contributed by atoms with Crippen LogP contribution in [0.4, 0.5) is 15.3 Å². The summed E-state index contributed by atoms with van der Waals surface area (Å²) in [5.74, 6) is 0. The van der Waals surface area contributed by atoms with Crippen LogP contribution in [0.5, 0.6) is 0 Å². The van der Waals surface area contributed by atoms with E-state index >= 15 is 0 Å². The van der Waals surface area contributed by atoms with Gasteiger partial charge in [-0.1, -0.05) is 18.2 Å². The molecule has 28 heavy (non-hydrogen) atoms. The highest BCUT2D eigenvalue weighted by molar-refractivity contribution is 5.92. The predicted molar refractivity (Wildman–Crippen MR) is 109 cm³/mol. The van der Waals surface area contributed by atoms with E-state index in [-0.39, 0.29) is 17.6 Å². The molecule has 6 heteroatoms. The van der Waals surface area contributed by atoms with Gasteiger partial charge in [0.1, 0.15) is 11.2 Å². The monoisotopic (exact) mass is 388 g/mol. The quantitative estimate of drug-likeness (QED) is 0.646. The molecule has 0 N–H and O–H groups in total. The first kappa shape index (κ1) is 20.5.